The zero-order valence-corrected chi connectivity index (χ0v) is 18.4. The Kier molecular flexibility index (Phi) is 9.29. The van der Waals surface area contributed by atoms with E-state index in [0.29, 0.717) is 17.8 Å². The van der Waals surface area contributed by atoms with Crippen molar-refractivity contribution in [3.05, 3.63) is 24.5 Å². The maximum atomic E-state index is 12.5. The van der Waals surface area contributed by atoms with E-state index in [4.69, 9.17) is 5.26 Å². The van der Waals surface area contributed by atoms with Gasteiger partial charge in [0.1, 0.15) is 0 Å². The molecule has 162 valence electrons. The van der Waals surface area contributed by atoms with Gasteiger partial charge >= 0.3 is 0 Å². The van der Waals surface area contributed by atoms with Gasteiger partial charge in [-0.1, -0.05) is 19.3 Å². The standard InChI is InChI=1S/C22H32N6OS/c23-17-26-22(27-19-8-12-24-13-9-19)25-11-4-2-1-3-6-18-10-14-28(16-18)21(29)20-7-5-15-30-20/h8-9,12-13,18,20H,1-7,10-11,14-16H2,(H2,24,25,26,27). The number of likely N-dealkylation sites (tertiary alicyclic amines) is 1. The molecule has 2 aliphatic rings. The van der Waals surface area contributed by atoms with Gasteiger partial charge in [0.2, 0.25) is 18.1 Å². The van der Waals surface area contributed by atoms with Crippen LogP contribution in [-0.4, -0.2) is 52.4 Å². The molecular formula is C22H32N6OS. The first-order valence-corrected chi connectivity index (χ1v) is 12.1. The van der Waals surface area contributed by atoms with Crippen molar-refractivity contribution >= 4 is 29.3 Å². The number of carbonyl (C=O) groups excluding carboxylic acids is 1. The lowest BCUT2D eigenvalue weighted by Gasteiger charge is -2.20. The summed E-state index contributed by atoms with van der Waals surface area (Å²) >= 11 is 1.84. The summed E-state index contributed by atoms with van der Waals surface area (Å²) in [5, 5.41) is 15.4. The third-order valence-corrected chi connectivity index (χ3v) is 7.10. The molecule has 0 radical (unpaired) electrons. The monoisotopic (exact) mass is 428 g/mol. The SMILES string of the molecule is N#C/N=C(/NCCCCCCC1CCN(C(=O)C2CCCS2)C1)Nc1ccncc1. The van der Waals surface area contributed by atoms with Gasteiger partial charge in [0.05, 0.1) is 5.25 Å². The fourth-order valence-electron chi connectivity index (χ4n) is 4.10. The highest BCUT2D eigenvalue weighted by molar-refractivity contribution is 8.00. The summed E-state index contributed by atoms with van der Waals surface area (Å²) in [5.41, 5.74) is 0.849. The third-order valence-electron chi connectivity index (χ3n) is 5.74. The van der Waals surface area contributed by atoms with Gasteiger partial charge in [-0.2, -0.15) is 5.26 Å². The Balaban J connectivity index is 1.24. The number of hydrogen-bond donors (Lipinski definition) is 2. The number of carbonyl (C=O) groups is 1. The summed E-state index contributed by atoms with van der Waals surface area (Å²) < 4.78 is 0. The van der Waals surface area contributed by atoms with Crippen molar-refractivity contribution < 1.29 is 4.79 Å². The zero-order valence-electron chi connectivity index (χ0n) is 17.6. The van der Waals surface area contributed by atoms with Crippen LogP contribution < -0.4 is 10.6 Å². The van der Waals surface area contributed by atoms with E-state index in [1.165, 1.54) is 32.1 Å². The molecule has 30 heavy (non-hydrogen) atoms. The van der Waals surface area contributed by atoms with E-state index in [1.807, 2.05) is 30.1 Å². The van der Waals surface area contributed by atoms with Crippen molar-refractivity contribution in [2.24, 2.45) is 10.9 Å². The molecule has 0 spiro atoms. The molecular weight excluding hydrogens is 396 g/mol. The van der Waals surface area contributed by atoms with Crippen molar-refractivity contribution in [2.45, 2.75) is 56.6 Å². The molecule has 1 aromatic heterocycles. The highest BCUT2D eigenvalue weighted by atomic mass is 32.2. The maximum Gasteiger partial charge on any atom is 0.235 e. The lowest BCUT2D eigenvalue weighted by Crippen LogP contribution is -2.35. The van der Waals surface area contributed by atoms with Gasteiger partial charge in [-0.15, -0.1) is 16.8 Å². The van der Waals surface area contributed by atoms with Gasteiger partial charge in [0.15, 0.2) is 0 Å². The van der Waals surface area contributed by atoms with Crippen molar-refractivity contribution in [3.63, 3.8) is 0 Å². The average molecular weight is 429 g/mol. The van der Waals surface area contributed by atoms with Crippen LogP contribution in [0.1, 0.15) is 51.4 Å². The van der Waals surface area contributed by atoms with E-state index in [9.17, 15) is 4.79 Å². The Hall–Kier alpha value is -2.27. The van der Waals surface area contributed by atoms with Gasteiger partial charge in [-0.25, -0.2) is 0 Å². The summed E-state index contributed by atoms with van der Waals surface area (Å²) in [6.45, 7) is 2.70. The Bertz CT molecular complexity index is 729. The minimum Gasteiger partial charge on any atom is -0.355 e. The number of pyridine rings is 1. The number of aliphatic imine (C=N–C) groups is 1. The molecule has 2 N–H and O–H groups in total. The number of unbranched alkanes of at least 4 members (excludes halogenated alkanes) is 3. The van der Waals surface area contributed by atoms with E-state index < -0.39 is 0 Å². The molecule has 2 fully saturated rings. The Morgan fingerprint density at radius 3 is 2.87 bits per heavy atom. The second-order valence-corrected chi connectivity index (χ2v) is 9.30. The average Bonchev–Trinajstić information content (AvgIpc) is 3.46. The van der Waals surface area contributed by atoms with Gasteiger partial charge in [-0.3, -0.25) is 9.78 Å². The van der Waals surface area contributed by atoms with Crippen molar-refractivity contribution in [1.82, 2.24) is 15.2 Å². The fourth-order valence-corrected chi connectivity index (χ4v) is 5.34. The van der Waals surface area contributed by atoms with Crippen LogP contribution in [0.3, 0.4) is 0 Å². The van der Waals surface area contributed by atoms with Crippen LogP contribution in [-0.2, 0) is 4.79 Å². The Morgan fingerprint density at radius 1 is 1.27 bits per heavy atom. The summed E-state index contributed by atoms with van der Waals surface area (Å²) in [6.07, 6.45) is 14.5. The van der Waals surface area contributed by atoms with Crippen LogP contribution in [0.2, 0.25) is 0 Å². The van der Waals surface area contributed by atoms with Crippen molar-refractivity contribution in [1.29, 1.82) is 5.26 Å². The number of nitrogens with one attached hydrogen (secondary N) is 2. The normalized spacial score (nSPS) is 21.4. The molecule has 1 amide bonds. The fraction of sp³-hybridized carbons (Fsp3) is 0.636. The molecule has 2 saturated heterocycles. The molecule has 7 nitrogen and oxygen atoms in total. The number of amides is 1. The number of thioether (sulfide) groups is 1. The first-order chi connectivity index (χ1) is 14.8. The molecule has 3 rings (SSSR count). The topological polar surface area (TPSA) is 93.4 Å². The third kappa shape index (κ3) is 7.21. The van der Waals surface area contributed by atoms with E-state index >= 15 is 0 Å². The molecule has 0 bridgehead atoms. The first-order valence-electron chi connectivity index (χ1n) is 11.0. The molecule has 0 aromatic carbocycles. The van der Waals surface area contributed by atoms with E-state index in [-0.39, 0.29) is 5.25 Å². The molecule has 0 aliphatic carbocycles. The predicted octanol–water partition coefficient (Wildman–Crippen LogP) is 3.61. The molecule has 2 aliphatic heterocycles. The molecule has 3 heterocycles. The Labute approximate surface area is 183 Å². The van der Waals surface area contributed by atoms with E-state index in [2.05, 4.69) is 25.5 Å². The number of nitrogens with zero attached hydrogens (tertiary/aromatic N) is 4. The largest absolute Gasteiger partial charge is 0.355 e. The second kappa shape index (κ2) is 12.4. The van der Waals surface area contributed by atoms with Crippen LogP contribution in [0, 0.1) is 17.4 Å². The molecule has 2 atom stereocenters. The van der Waals surface area contributed by atoms with Crippen LogP contribution >= 0.6 is 11.8 Å². The number of anilines is 1. The van der Waals surface area contributed by atoms with Crippen molar-refractivity contribution in [3.8, 4) is 6.19 Å². The lowest BCUT2D eigenvalue weighted by atomic mass is 10.00. The van der Waals surface area contributed by atoms with Crippen LogP contribution in [0.5, 0.6) is 0 Å². The Morgan fingerprint density at radius 2 is 2.10 bits per heavy atom. The smallest absolute Gasteiger partial charge is 0.235 e. The molecule has 1 aromatic rings. The number of aromatic nitrogens is 1. The molecule has 0 saturated carbocycles. The highest BCUT2D eigenvalue weighted by Gasteiger charge is 2.32. The quantitative estimate of drug-likeness (QED) is 0.270. The first kappa shape index (κ1) is 22.4. The second-order valence-electron chi connectivity index (χ2n) is 7.99. The summed E-state index contributed by atoms with van der Waals surface area (Å²) in [6, 6.07) is 3.66. The van der Waals surface area contributed by atoms with E-state index in [1.54, 1.807) is 12.4 Å². The minimum absolute atomic E-state index is 0.235. The minimum atomic E-state index is 0.235. The van der Waals surface area contributed by atoms with Crippen LogP contribution in [0.25, 0.3) is 0 Å². The van der Waals surface area contributed by atoms with Gasteiger partial charge < -0.3 is 15.5 Å². The zero-order chi connectivity index (χ0) is 21.0. The predicted molar refractivity (Wildman–Crippen MR) is 122 cm³/mol. The number of rotatable bonds is 9. The number of guanidine groups is 1. The summed E-state index contributed by atoms with van der Waals surface area (Å²) in [7, 11) is 0. The van der Waals surface area contributed by atoms with Crippen molar-refractivity contribution in [2.75, 3.05) is 30.7 Å². The molecule has 2 unspecified atom stereocenters. The van der Waals surface area contributed by atoms with Crippen LogP contribution in [0.15, 0.2) is 29.5 Å². The summed E-state index contributed by atoms with van der Waals surface area (Å²) in [4.78, 5) is 22.4. The van der Waals surface area contributed by atoms with Gasteiger partial charge in [0, 0.05) is 37.7 Å². The van der Waals surface area contributed by atoms with Gasteiger partial charge in [-0.05, 0) is 55.9 Å². The molecule has 8 heteroatoms. The maximum absolute atomic E-state index is 12.5. The van der Waals surface area contributed by atoms with Crippen LogP contribution in [0.4, 0.5) is 5.69 Å². The summed E-state index contributed by atoms with van der Waals surface area (Å²) in [5.74, 6) is 2.69. The lowest BCUT2D eigenvalue weighted by molar-refractivity contribution is -0.129. The van der Waals surface area contributed by atoms with E-state index in [0.717, 1.165) is 50.3 Å². The van der Waals surface area contributed by atoms with Gasteiger partial charge in [0.25, 0.3) is 0 Å². The number of hydrogen-bond acceptors (Lipinski definition) is 5. The highest BCUT2D eigenvalue weighted by Crippen LogP contribution is 2.30. The number of nitriles is 1.